The van der Waals surface area contributed by atoms with Crippen LogP contribution in [-0.4, -0.2) is 168 Å². The van der Waals surface area contributed by atoms with Gasteiger partial charge in [-0.2, -0.15) is 0 Å². The maximum atomic E-state index is 10.2. The van der Waals surface area contributed by atoms with Crippen molar-refractivity contribution in [1.29, 1.82) is 0 Å². The van der Waals surface area contributed by atoms with Crippen LogP contribution in [0.1, 0.15) is 103 Å². The predicted molar refractivity (Wildman–Crippen MR) is 318 cm³/mol. The Morgan fingerprint density at radius 3 is 0.364 bits per heavy atom. The van der Waals surface area contributed by atoms with Gasteiger partial charge in [-0.25, -0.2) is 0 Å². The molecule has 0 heterocycles. The van der Waals surface area contributed by atoms with Crippen LogP contribution < -0.4 is 236 Å². The molecule has 0 bridgehead atoms. The Morgan fingerprint density at radius 1 is 0.195 bits per heavy atom. The molecule has 0 aliphatic rings. The molecule has 0 aromatic rings. The zero-order valence-corrected chi connectivity index (χ0v) is 78.2. The summed E-state index contributed by atoms with van der Waals surface area (Å²) in [6, 6.07) is 0. The first-order valence-corrected chi connectivity index (χ1v) is 45.9. The van der Waals surface area contributed by atoms with Crippen molar-refractivity contribution in [2.45, 2.75) is 103 Å². The fourth-order valence-electron chi connectivity index (χ4n) is 3.46. The van der Waals surface area contributed by atoms with Crippen molar-refractivity contribution in [2.24, 2.45) is 0 Å². The molecule has 0 aromatic heterocycles. The van der Waals surface area contributed by atoms with Crippen LogP contribution in [0.25, 0.3) is 0 Å². The van der Waals surface area contributed by atoms with Crippen LogP contribution in [0.2, 0.25) is 0 Å². The van der Waals surface area contributed by atoms with E-state index in [9.17, 15) is 70.1 Å². The molecule has 0 radical (unpaired) electrons. The van der Waals surface area contributed by atoms with Crippen molar-refractivity contribution in [1.82, 2.24) is 0 Å². The fraction of sp³-hybridized carbons (Fsp3) is 1.00. The second-order valence-electron chi connectivity index (χ2n) is 12.6. The maximum absolute atomic E-state index is 10.2. The van der Waals surface area contributed by atoms with Gasteiger partial charge in [0.25, 0.3) is 0 Å². The van der Waals surface area contributed by atoms with E-state index in [4.69, 9.17) is 0 Å². The molecule has 2 N–H and O–H groups in total. The number of hydrogen-bond acceptors (Lipinski definition) is 28. The van der Waals surface area contributed by atoms with Gasteiger partial charge in [-0.05, 0) is 142 Å². The third-order valence-corrected chi connectivity index (χ3v) is 29.3. The summed E-state index contributed by atoms with van der Waals surface area (Å²) >= 11 is -15.2. The Hall–Kier alpha value is 13.0. The summed E-state index contributed by atoms with van der Waals surface area (Å²) in [5, 5.41) is 0. The zero-order valence-electron chi connectivity index (χ0n) is 45.8. The van der Waals surface area contributed by atoms with E-state index in [1.807, 2.05) is 0 Å². The Bertz CT molecular complexity index is 1040. The normalized spacial score (nSPS) is 13.0. The number of rotatable bonds is 48. The fourth-order valence-corrected chi connectivity index (χ4v) is 23.0. The maximum Gasteiger partial charge on any atom is 1.00 e. The van der Waals surface area contributed by atoms with Crippen molar-refractivity contribution in [3.63, 3.8) is 0 Å². The largest absolute Gasteiger partial charge is 1.00 e. The average Bonchev–Trinajstić information content (AvgIpc) is 3.25. The third-order valence-electron chi connectivity index (χ3n) is 6.69. The van der Waals surface area contributed by atoms with Gasteiger partial charge >= 0.3 is 236 Å². The zero-order chi connectivity index (χ0) is 51.7. The van der Waals surface area contributed by atoms with Gasteiger partial charge in [0.2, 0.25) is 0 Å². The van der Waals surface area contributed by atoms with E-state index in [0.29, 0.717) is 0 Å². The first-order valence-electron chi connectivity index (χ1n) is 20.6. The van der Waals surface area contributed by atoms with Crippen LogP contribution in [-0.2, 0) is 88.6 Å². The molecular weight excluding hydrogens is 1480 g/mol. The Balaban J connectivity index is -0.0000000621. The van der Waals surface area contributed by atoms with Crippen LogP contribution in [0.3, 0.4) is 0 Å². The molecule has 0 spiro atoms. The summed E-state index contributed by atoms with van der Waals surface area (Å²) in [5.41, 5.74) is 0. The first-order chi connectivity index (χ1) is 32.5. The van der Waals surface area contributed by atoms with Gasteiger partial charge < -0.3 is 41.9 Å². The third kappa shape index (κ3) is 142. The molecule has 0 aliphatic carbocycles. The van der Waals surface area contributed by atoms with Gasteiger partial charge in [0.15, 0.2) is 0 Å². The van der Waals surface area contributed by atoms with E-state index in [2.05, 4.69) is 0 Å². The molecule has 0 aromatic carbocycles. The topological polar surface area (TPSA) is 353 Å². The van der Waals surface area contributed by atoms with Crippen LogP contribution in [0.15, 0.2) is 0 Å². The van der Waals surface area contributed by atoms with Gasteiger partial charge in [-0.15, -0.1) is 0 Å². The van der Waals surface area contributed by atoms with E-state index >= 15 is 0 Å². The van der Waals surface area contributed by atoms with Crippen LogP contribution in [0, 0.1) is 0 Å². The minimum atomic E-state index is -1.90. The molecular formula is C32H66Na8O17S20. The minimum Gasteiger partial charge on any atom is -0.772 e. The van der Waals surface area contributed by atoms with Gasteiger partial charge in [0, 0.05) is 92.0 Å². The Labute approximate surface area is 706 Å². The van der Waals surface area contributed by atoms with Crippen LogP contribution in [0.5, 0.6) is 0 Å². The van der Waals surface area contributed by atoms with E-state index in [-0.39, 0.29) is 288 Å². The monoisotopic (exact) mass is 1550 g/mol. The van der Waals surface area contributed by atoms with E-state index in [0.717, 1.165) is 149 Å². The van der Waals surface area contributed by atoms with Gasteiger partial charge in [0.05, 0.1) is 0 Å². The molecule has 424 valence electrons. The van der Waals surface area contributed by atoms with E-state index < -0.39 is 88.6 Å². The quantitative estimate of drug-likeness (QED) is 0.0236. The molecule has 0 aliphatic heterocycles. The number of unbranched alkanes of at least 4 members (excludes halogenated alkanes) is 8. The van der Waals surface area contributed by atoms with Crippen molar-refractivity contribution in [3.05, 3.63) is 0 Å². The second-order valence-corrected chi connectivity index (χ2v) is 38.6. The second kappa shape index (κ2) is 105. The molecule has 0 saturated carbocycles. The molecule has 0 saturated heterocycles. The summed E-state index contributed by atoms with van der Waals surface area (Å²) in [4.78, 5) is 0. The first kappa shape index (κ1) is 120. The molecule has 8 unspecified atom stereocenters. The minimum absolute atomic E-state index is 0. The smallest absolute Gasteiger partial charge is 0.772 e. The van der Waals surface area contributed by atoms with Gasteiger partial charge in [0.1, 0.15) is 0 Å². The molecule has 77 heavy (non-hydrogen) atoms. The molecule has 45 heteroatoms. The molecule has 17 nitrogen and oxygen atoms in total. The molecule has 0 fully saturated rings. The summed E-state index contributed by atoms with van der Waals surface area (Å²) in [5.74, 6) is 9.70. The van der Waals surface area contributed by atoms with E-state index in [1.54, 1.807) is 126 Å². The molecule has 8 atom stereocenters. The van der Waals surface area contributed by atoms with Gasteiger partial charge in [-0.3, -0.25) is 33.7 Å². The van der Waals surface area contributed by atoms with Crippen LogP contribution >= 0.6 is 126 Å². The van der Waals surface area contributed by atoms with Gasteiger partial charge in [-0.1, -0.05) is 175 Å². The Morgan fingerprint density at radius 2 is 0.286 bits per heavy atom. The summed E-state index contributed by atoms with van der Waals surface area (Å²) < 4.78 is 164. The average molecular weight is 1550 g/mol. The van der Waals surface area contributed by atoms with E-state index in [1.165, 1.54) is 0 Å². The standard InChI is InChI=1S/4C8H18O4S5.8Na.H2O/c4*9-16(10)7-3-1-5-13-15-14-6-2-4-8-17(11)12;;;;;;;;;/h4*1-8H2,(H,9,10)(H,11,12);;;;;;;;;1H2/q;;;;8*+1;/p-8. The SMILES string of the molecule is O.O=S([O-])CCCCSSSCCCCS(=O)[O-].O=S([O-])CCCCSSSCCCCS(=O)[O-].O=S([O-])CCCCSSSCCCCS(=O)[O-].O=S([O-])CCCCSSSCCCCS(=O)[O-].[Na+].[Na+].[Na+].[Na+].[Na+].[Na+].[Na+].[Na+]. The number of hydrogen-bond donors (Lipinski definition) is 0. The van der Waals surface area contributed by atoms with Crippen molar-refractivity contribution in [2.75, 3.05) is 92.0 Å². The van der Waals surface area contributed by atoms with Crippen molar-refractivity contribution in [3.8, 4) is 0 Å². The van der Waals surface area contributed by atoms with Crippen molar-refractivity contribution >= 4 is 214 Å². The predicted octanol–water partition coefficient (Wildman–Crippen LogP) is -15.5. The van der Waals surface area contributed by atoms with Crippen LogP contribution in [0.4, 0.5) is 0 Å². The molecule has 0 rings (SSSR count). The summed E-state index contributed by atoms with van der Waals surface area (Å²) in [7, 11) is 20.6. The molecule has 0 amide bonds. The Kier molecular flexibility index (Phi) is 164. The van der Waals surface area contributed by atoms with Crippen molar-refractivity contribution < 1.29 is 312 Å². The summed E-state index contributed by atoms with van der Waals surface area (Å²) in [6.45, 7) is 0. The summed E-state index contributed by atoms with van der Waals surface area (Å²) in [6.07, 6.45) is 13.2.